The second kappa shape index (κ2) is 9.00. The number of nitrogens with zero attached hydrogens (tertiary/aromatic N) is 4. The van der Waals surface area contributed by atoms with Gasteiger partial charge in [-0.15, -0.1) is 0 Å². The molecule has 0 aliphatic heterocycles. The lowest BCUT2D eigenvalue weighted by Crippen LogP contribution is -2.23. The van der Waals surface area contributed by atoms with E-state index in [0.29, 0.717) is 21.9 Å². The molecule has 0 saturated carbocycles. The molecule has 4 rings (SSSR count). The number of anilines is 1. The van der Waals surface area contributed by atoms with Crippen LogP contribution in [-0.4, -0.2) is 31.0 Å². The molecule has 0 fully saturated rings. The Hall–Kier alpha value is -3.39. The fraction of sp³-hybridized carbons (Fsp3) is 0.250. The fourth-order valence-corrected chi connectivity index (χ4v) is 4.46. The molecule has 0 aliphatic rings. The van der Waals surface area contributed by atoms with E-state index in [4.69, 9.17) is 4.98 Å². The minimum Gasteiger partial charge on any atom is -0.310 e. The number of aryl methyl sites for hydroxylation is 2. The van der Waals surface area contributed by atoms with Gasteiger partial charge in [0.15, 0.2) is 5.16 Å². The van der Waals surface area contributed by atoms with E-state index in [1.54, 1.807) is 27.6 Å². The first-order valence-corrected chi connectivity index (χ1v) is 11.4. The third-order valence-electron chi connectivity index (χ3n) is 4.97. The molecule has 2 aromatic carbocycles. The molecule has 1 N–H and O–H groups in total. The van der Waals surface area contributed by atoms with Gasteiger partial charge in [0.25, 0.3) is 5.56 Å². The summed E-state index contributed by atoms with van der Waals surface area (Å²) in [6, 6.07) is 15.1. The number of hydrogen-bond acceptors (Lipinski definition) is 5. The number of nitrogens with one attached hydrogen (secondary N) is 1. The predicted octanol–water partition coefficient (Wildman–Crippen LogP) is 4.51. The van der Waals surface area contributed by atoms with E-state index in [2.05, 4.69) is 16.5 Å². The number of rotatable bonds is 6. The van der Waals surface area contributed by atoms with E-state index < -0.39 is 0 Å². The van der Waals surface area contributed by atoms with Crippen LogP contribution in [0.4, 0.5) is 5.82 Å². The van der Waals surface area contributed by atoms with Gasteiger partial charge >= 0.3 is 0 Å². The van der Waals surface area contributed by atoms with Crippen molar-refractivity contribution < 1.29 is 4.79 Å². The van der Waals surface area contributed by atoms with Gasteiger partial charge in [-0.25, -0.2) is 9.67 Å². The van der Waals surface area contributed by atoms with Crippen LogP contribution in [0.25, 0.3) is 16.6 Å². The quantitative estimate of drug-likeness (QED) is 0.347. The van der Waals surface area contributed by atoms with Gasteiger partial charge in [0, 0.05) is 12.1 Å². The van der Waals surface area contributed by atoms with Gasteiger partial charge < -0.3 is 5.32 Å². The molecular weight excluding hydrogens is 422 g/mol. The standard InChI is InChI=1S/C24H25N5O2S/c1-15(2)29-21(9-10-25-29)27-22(30)14-32-24-26-20-8-6-5-7-19(20)23(31)28(24)18-12-16(3)11-17(4)13-18/h5-13,15H,14H2,1-4H3,(H,27,30). The summed E-state index contributed by atoms with van der Waals surface area (Å²) in [5.41, 5.74) is 3.30. The molecule has 0 saturated heterocycles. The third kappa shape index (κ3) is 4.45. The zero-order valence-electron chi connectivity index (χ0n) is 18.5. The molecule has 0 spiro atoms. The topological polar surface area (TPSA) is 81.8 Å². The summed E-state index contributed by atoms with van der Waals surface area (Å²) >= 11 is 1.24. The fourth-order valence-electron chi connectivity index (χ4n) is 3.65. The van der Waals surface area contributed by atoms with Crippen molar-refractivity contribution in [2.45, 2.75) is 38.9 Å². The Labute approximate surface area is 190 Å². The molecule has 2 heterocycles. The summed E-state index contributed by atoms with van der Waals surface area (Å²) in [6.07, 6.45) is 1.66. The van der Waals surface area contributed by atoms with E-state index in [1.807, 2.05) is 58.0 Å². The molecule has 1 amide bonds. The summed E-state index contributed by atoms with van der Waals surface area (Å²) in [6.45, 7) is 7.99. The number of aromatic nitrogens is 4. The molecule has 32 heavy (non-hydrogen) atoms. The minimum atomic E-state index is -0.188. The van der Waals surface area contributed by atoms with Crippen LogP contribution < -0.4 is 10.9 Å². The molecule has 164 valence electrons. The first-order valence-electron chi connectivity index (χ1n) is 10.4. The maximum absolute atomic E-state index is 13.4. The average Bonchev–Trinajstić information content (AvgIpc) is 3.20. The summed E-state index contributed by atoms with van der Waals surface area (Å²) < 4.78 is 3.35. The maximum Gasteiger partial charge on any atom is 0.266 e. The number of hydrogen-bond donors (Lipinski definition) is 1. The molecule has 7 nitrogen and oxygen atoms in total. The van der Waals surface area contributed by atoms with Crippen LogP contribution in [0.5, 0.6) is 0 Å². The summed E-state index contributed by atoms with van der Waals surface area (Å²) in [4.78, 5) is 30.8. The van der Waals surface area contributed by atoms with Crippen LogP contribution in [0.3, 0.4) is 0 Å². The number of fused-ring (bicyclic) bond motifs is 1. The Morgan fingerprint density at radius 1 is 1.09 bits per heavy atom. The van der Waals surface area contributed by atoms with Crippen molar-refractivity contribution in [2.24, 2.45) is 0 Å². The number of benzene rings is 2. The molecule has 0 bridgehead atoms. The van der Waals surface area contributed by atoms with Crippen LogP contribution in [0.1, 0.15) is 31.0 Å². The molecule has 8 heteroatoms. The highest BCUT2D eigenvalue weighted by molar-refractivity contribution is 7.99. The second-order valence-corrected chi connectivity index (χ2v) is 8.93. The van der Waals surface area contributed by atoms with Crippen molar-refractivity contribution in [3.05, 3.63) is 76.2 Å². The van der Waals surface area contributed by atoms with Gasteiger partial charge in [-0.2, -0.15) is 5.10 Å². The lowest BCUT2D eigenvalue weighted by atomic mass is 10.1. The Morgan fingerprint density at radius 3 is 2.53 bits per heavy atom. The van der Waals surface area contributed by atoms with Crippen LogP contribution in [0.15, 0.2) is 64.7 Å². The molecule has 0 aliphatic carbocycles. The SMILES string of the molecule is Cc1cc(C)cc(-n2c(SCC(=O)Nc3ccnn3C(C)C)nc3ccccc3c2=O)c1. The third-order valence-corrected chi connectivity index (χ3v) is 5.91. The molecule has 4 aromatic rings. The van der Waals surface area contributed by atoms with E-state index in [-0.39, 0.29) is 23.3 Å². The monoisotopic (exact) mass is 447 g/mol. The Kier molecular flexibility index (Phi) is 6.14. The summed E-state index contributed by atoms with van der Waals surface area (Å²) in [7, 11) is 0. The Balaban J connectivity index is 1.69. The van der Waals surface area contributed by atoms with E-state index >= 15 is 0 Å². The molecule has 0 radical (unpaired) electrons. The first kappa shape index (κ1) is 21.8. The lowest BCUT2D eigenvalue weighted by Gasteiger charge is -2.15. The predicted molar refractivity (Wildman–Crippen MR) is 129 cm³/mol. The highest BCUT2D eigenvalue weighted by Gasteiger charge is 2.16. The molecular formula is C24H25N5O2S. The van der Waals surface area contributed by atoms with Gasteiger partial charge in [-0.1, -0.05) is 30.0 Å². The normalized spacial score (nSPS) is 11.3. The van der Waals surface area contributed by atoms with Crippen molar-refractivity contribution in [3.8, 4) is 5.69 Å². The highest BCUT2D eigenvalue weighted by atomic mass is 32.2. The van der Waals surface area contributed by atoms with Crippen LogP contribution in [0.2, 0.25) is 0 Å². The Morgan fingerprint density at radius 2 is 1.81 bits per heavy atom. The maximum atomic E-state index is 13.4. The number of carbonyl (C=O) groups excluding carboxylic acids is 1. The average molecular weight is 448 g/mol. The van der Waals surface area contributed by atoms with Gasteiger partial charge in [-0.05, 0) is 63.1 Å². The van der Waals surface area contributed by atoms with E-state index in [9.17, 15) is 9.59 Å². The van der Waals surface area contributed by atoms with Crippen LogP contribution >= 0.6 is 11.8 Å². The van der Waals surface area contributed by atoms with Crippen molar-refractivity contribution in [1.82, 2.24) is 19.3 Å². The van der Waals surface area contributed by atoms with Gasteiger partial charge in [0.1, 0.15) is 5.82 Å². The van der Waals surface area contributed by atoms with Crippen molar-refractivity contribution in [2.75, 3.05) is 11.1 Å². The minimum absolute atomic E-state index is 0.110. The van der Waals surface area contributed by atoms with Crippen molar-refractivity contribution in [1.29, 1.82) is 0 Å². The smallest absolute Gasteiger partial charge is 0.266 e. The second-order valence-electron chi connectivity index (χ2n) is 7.99. The van der Waals surface area contributed by atoms with Crippen molar-refractivity contribution >= 4 is 34.4 Å². The number of para-hydroxylation sites is 1. The van der Waals surface area contributed by atoms with Gasteiger partial charge in [-0.3, -0.25) is 14.2 Å². The lowest BCUT2D eigenvalue weighted by molar-refractivity contribution is -0.113. The van der Waals surface area contributed by atoms with E-state index in [0.717, 1.165) is 16.8 Å². The highest BCUT2D eigenvalue weighted by Crippen LogP contribution is 2.23. The number of amides is 1. The summed E-state index contributed by atoms with van der Waals surface area (Å²) in [5, 5.41) is 8.16. The Bertz CT molecular complexity index is 1340. The first-order chi connectivity index (χ1) is 15.3. The molecule has 0 atom stereocenters. The van der Waals surface area contributed by atoms with Crippen LogP contribution in [-0.2, 0) is 4.79 Å². The van der Waals surface area contributed by atoms with Gasteiger partial charge in [0.05, 0.1) is 28.5 Å². The van der Waals surface area contributed by atoms with E-state index in [1.165, 1.54) is 11.8 Å². The molecule has 0 unspecified atom stereocenters. The number of carbonyl (C=O) groups is 1. The molecule has 2 aromatic heterocycles. The van der Waals surface area contributed by atoms with Crippen molar-refractivity contribution in [3.63, 3.8) is 0 Å². The van der Waals surface area contributed by atoms with Gasteiger partial charge in [0.2, 0.25) is 5.91 Å². The van der Waals surface area contributed by atoms with Crippen LogP contribution in [0, 0.1) is 13.8 Å². The number of thioether (sulfide) groups is 1. The largest absolute Gasteiger partial charge is 0.310 e. The zero-order chi connectivity index (χ0) is 22.8. The zero-order valence-corrected chi connectivity index (χ0v) is 19.3. The summed E-state index contributed by atoms with van der Waals surface area (Å²) in [5.74, 6) is 0.564.